The molecular weight excluding hydrogens is 338 g/mol. The monoisotopic (exact) mass is 365 g/mol. The Morgan fingerprint density at radius 1 is 1.15 bits per heavy atom. The van der Waals surface area contributed by atoms with Crippen LogP contribution in [0.25, 0.3) is 0 Å². The van der Waals surface area contributed by atoms with Gasteiger partial charge in [-0.15, -0.1) is 0 Å². The van der Waals surface area contributed by atoms with Crippen molar-refractivity contribution in [2.24, 2.45) is 0 Å². The Kier molecular flexibility index (Phi) is 6.96. The number of aromatic carboxylic acids is 1. The zero-order valence-electron chi connectivity index (χ0n) is 15.5. The van der Waals surface area contributed by atoms with Gasteiger partial charge in [-0.2, -0.15) is 0 Å². The van der Waals surface area contributed by atoms with Crippen LogP contribution in [0.1, 0.15) is 20.7 Å². The first-order chi connectivity index (χ1) is 12.3. The summed E-state index contributed by atoms with van der Waals surface area (Å²) in [5.41, 5.74) is 0.334. The lowest BCUT2D eigenvalue weighted by Crippen LogP contribution is -2.51. The summed E-state index contributed by atoms with van der Waals surface area (Å²) in [7, 11) is 5.27. The lowest BCUT2D eigenvalue weighted by Gasteiger charge is -2.36. The third kappa shape index (κ3) is 5.42. The molecule has 1 aromatic carbocycles. The lowest BCUT2D eigenvalue weighted by molar-refractivity contribution is 0.0479. The van der Waals surface area contributed by atoms with Gasteiger partial charge >= 0.3 is 5.97 Å². The molecule has 8 heteroatoms. The van der Waals surface area contributed by atoms with Crippen molar-refractivity contribution in [2.45, 2.75) is 6.10 Å². The molecule has 0 bridgehead atoms. The highest BCUT2D eigenvalue weighted by atomic mass is 16.5. The van der Waals surface area contributed by atoms with Crippen molar-refractivity contribution in [2.75, 3.05) is 60.5 Å². The molecule has 1 fully saturated rings. The maximum Gasteiger partial charge on any atom is 0.335 e. The molecule has 1 aliphatic heterocycles. The predicted octanol–water partition coefficient (Wildman–Crippen LogP) is 0.0737. The number of β-amino-alcohol motifs (C(OH)–C–C–N with tert-alkyl or cyclic N) is 1. The number of carbonyl (C=O) groups excluding carboxylic acids is 1. The van der Waals surface area contributed by atoms with Crippen LogP contribution in [0.2, 0.25) is 0 Å². The van der Waals surface area contributed by atoms with Crippen LogP contribution in [0.15, 0.2) is 18.2 Å². The van der Waals surface area contributed by atoms with E-state index in [1.54, 1.807) is 11.0 Å². The summed E-state index contributed by atoms with van der Waals surface area (Å²) >= 11 is 0. The third-order valence-electron chi connectivity index (χ3n) is 4.34. The van der Waals surface area contributed by atoms with Crippen LogP contribution in [0.4, 0.5) is 0 Å². The number of hydrogen-bond acceptors (Lipinski definition) is 6. The summed E-state index contributed by atoms with van der Waals surface area (Å²) in [6.07, 6.45) is -0.427. The number of rotatable bonds is 7. The van der Waals surface area contributed by atoms with Crippen LogP contribution in [-0.4, -0.2) is 103 Å². The van der Waals surface area contributed by atoms with Crippen LogP contribution < -0.4 is 4.74 Å². The molecular formula is C18H27N3O5. The Morgan fingerprint density at radius 3 is 2.31 bits per heavy atom. The van der Waals surface area contributed by atoms with Gasteiger partial charge in [0.15, 0.2) is 0 Å². The molecule has 0 saturated carbocycles. The van der Waals surface area contributed by atoms with E-state index in [0.717, 1.165) is 0 Å². The fourth-order valence-corrected chi connectivity index (χ4v) is 3.06. The molecule has 1 atom stereocenters. The molecule has 1 heterocycles. The van der Waals surface area contributed by atoms with Crippen molar-refractivity contribution in [3.05, 3.63) is 29.3 Å². The van der Waals surface area contributed by atoms with Crippen molar-refractivity contribution in [1.82, 2.24) is 14.7 Å². The van der Waals surface area contributed by atoms with E-state index < -0.39 is 12.1 Å². The number of carboxylic acid groups (broad SMARTS) is 1. The van der Waals surface area contributed by atoms with Gasteiger partial charge in [0.25, 0.3) is 5.91 Å². The Bertz CT molecular complexity index is 642. The van der Waals surface area contributed by atoms with E-state index in [0.29, 0.717) is 50.6 Å². The number of aliphatic hydroxyl groups excluding tert-OH is 1. The largest absolute Gasteiger partial charge is 0.497 e. The van der Waals surface area contributed by atoms with Gasteiger partial charge < -0.3 is 24.7 Å². The van der Waals surface area contributed by atoms with E-state index in [-0.39, 0.29) is 11.5 Å². The number of likely N-dealkylation sites (N-methyl/N-ethyl adjacent to an activating group) is 1. The van der Waals surface area contributed by atoms with Crippen LogP contribution in [0, 0.1) is 0 Å². The summed E-state index contributed by atoms with van der Waals surface area (Å²) in [4.78, 5) is 29.7. The number of amides is 1. The lowest BCUT2D eigenvalue weighted by atomic mass is 10.1. The van der Waals surface area contributed by atoms with Crippen molar-refractivity contribution >= 4 is 11.9 Å². The molecule has 0 unspecified atom stereocenters. The third-order valence-corrected chi connectivity index (χ3v) is 4.34. The minimum atomic E-state index is -1.10. The number of carbonyl (C=O) groups is 2. The summed E-state index contributed by atoms with van der Waals surface area (Å²) in [6, 6.07) is 4.32. The second-order valence-electron chi connectivity index (χ2n) is 6.76. The number of nitrogens with zero attached hydrogens (tertiary/aromatic N) is 3. The zero-order chi connectivity index (χ0) is 19.3. The second kappa shape index (κ2) is 8.98. The molecule has 26 heavy (non-hydrogen) atoms. The fourth-order valence-electron chi connectivity index (χ4n) is 3.06. The van der Waals surface area contributed by atoms with Gasteiger partial charge in [-0.1, -0.05) is 0 Å². The van der Waals surface area contributed by atoms with Crippen molar-refractivity contribution < 1.29 is 24.5 Å². The zero-order valence-corrected chi connectivity index (χ0v) is 15.5. The van der Waals surface area contributed by atoms with Gasteiger partial charge in [0.05, 0.1) is 18.8 Å². The van der Waals surface area contributed by atoms with Crippen LogP contribution in [-0.2, 0) is 0 Å². The average Bonchev–Trinajstić information content (AvgIpc) is 2.60. The SMILES string of the molecule is COc1cc(C(=O)O)cc(C(=O)N2CCN(C[C@H](O)CN(C)C)CC2)c1. The minimum Gasteiger partial charge on any atom is -0.497 e. The Balaban J connectivity index is 1.98. The number of hydrogen-bond donors (Lipinski definition) is 2. The number of benzene rings is 1. The van der Waals surface area contributed by atoms with E-state index in [1.807, 2.05) is 19.0 Å². The van der Waals surface area contributed by atoms with Gasteiger partial charge in [-0.25, -0.2) is 4.79 Å². The van der Waals surface area contributed by atoms with Crippen LogP contribution in [0.3, 0.4) is 0 Å². The smallest absolute Gasteiger partial charge is 0.335 e. The maximum atomic E-state index is 12.7. The number of methoxy groups -OCH3 is 1. The fraction of sp³-hybridized carbons (Fsp3) is 0.556. The molecule has 2 rings (SSSR count). The summed E-state index contributed by atoms with van der Waals surface area (Å²) < 4.78 is 5.10. The highest BCUT2D eigenvalue weighted by molar-refractivity contribution is 5.98. The topological polar surface area (TPSA) is 93.5 Å². The Morgan fingerprint density at radius 2 is 1.77 bits per heavy atom. The van der Waals surface area contributed by atoms with E-state index in [4.69, 9.17) is 4.74 Å². The molecule has 8 nitrogen and oxygen atoms in total. The minimum absolute atomic E-state index is 0.0261. The molecule has 0 aliphatic carbocycles. The Hall–Kier alpha value is -2.16. The van der Waals surface area contributed by atoms with E-state index in [9.17, 15) is 19.8 Å². The van der Waals surface area contributed by atoms with Gasteiger partial charge in [-0.05, 0) is 32.3 Å². The standard InChI is InChI=1S/C18H27N3O5/c1-19(2)11-15(22)12-20-4-6-21(7-5-20)17(23)13-8-14(18(24)25)10-16(9-13)26-3/h8-10,15,22H,4-7,11-12H2,1-3H3,(H,24,25)/t15-/m1/s1. The number of ether oxygens (including phenoxy) is 1. The highest BCUT2D eigenvalue weighted by Gasteiger charge is 2.24. The summed E-state index contributed by atoms with van der Waals surface area (Å²) in [5, 5.41) is 19.2. The average molecular weight is 365 g/mol. The van der Waals surface area contributed by atoms with E-state index in [2.05, 4.69) is 4.90 Å². The highest BCUT2D eigenvalue weighted by Crippen LogP contribution is 2.19. The molecule has 2 N–H and O–H groups in total. The first kappa shape index (κ1) is 20.2. The molecule has 0 radical (unpaired) electrons. The molecule has 0 spiro atoms. The van der Waals surface area contributed by atoms with Gasteiger partial charge in [0, 0.05) is 44.8 Å². The predicted molar refractivity (Wildman–Crippen MR) is 96.9 cm³/mol. The number of aliphatic hydroxyl groups is 1. The van der Waals surface area contributed by atoms with Crippen LogP contribution >= 0.6 is 0 Å². The second-order valence-corrected chi connectivity index (χ2v) is 6.76. The van der Waals surface area contributed by atoms with Gasteiger partial charge in [0.2, 0.25) is 0 Å². The maximum absolute atomic E-state index is 12.7. The van der Waals surface area contributed by atoms with E-state index in [1.165, 1.54) is 19.2 Å². The number of piperazine rings is 1. The first-order valence-corrected chi connectivity index (χ1v) is 8.57. The van der Waals surface area contributed by atoms with Gasteiger partial charge in [0.1, 0.15) is 5.75 Å². The van der Waals surface area contributed by atoms with Crippen molar-refractivity contribution in [1.29, 1.82) is 0 Å². The Labute approximate surface area is 153 Å². The van der Waals surface area contributed by atoms with Crippen molar-refractivity contribution in [3.63, 3.8) is 0 Å². The van der Waals surface area contributed by atoms with Gasteiger partial charge in [-0.3, -0.25) is 9.69 Å². The molecule has 0 aromatic heterocycles. The molecule has 144 valence electrons. The summed E-state index contributed by atoms with van der Waals surface area (Å²) in [6.45, 7) is 3.59. The molecule has 1 aliphatic rings. The normalized spacial score (nSPS) is 16.6. The molecule has 1 amide bonds. The molecule has 1 aromatic rings. The molecule has 1 saturated heterocycles. The van der Waals surface area contributed by atoms with Crippen LogP contribution in [0.5, 0.6) is 5.75 Å². The number of carboxylic acids is 1. The van der Waals surface area contributed by atoms with E-state index >= 15 is 0 Å². The quantitative estimate of drug-likeness (QED) is 0.706. The first-order valence-electron chi connectivity index (χ1n) is 8.57. The summed E-state index contributed by atoms with van der Waals surface area (Å²) in [5.74, 6) is -0.962. The van der Waals surface area contributed by atoms with Crippen molar-refractivity contribution in [3.8, 4) is 5.75 Å².